The molecule has 0 aliphatic rings. The number of nitrogens with zero attached hydrogens (tertiary/aromatic N) is 4. The topological polar surface area (TPSA) is 103 Å². The van der Waals surface area contributed by atoms with Gasteiger partial charge in [0.1, 0.15) is 11.6 Å². The summed E-state index contributed by atoms with van der Waals surface area (Å²) in [5.74, 6) is -0.691. The van der Waals surface area contributed by atoms with Crippen LogP contribution in [0.1, 0.15) is 17.0 Å². The molecule has 1 aromatic heterocycles. The van der Waals surface area contributed by atoms with E-state index < -0.39 is 17.6 Å². The summed E-state index contributed by atoms with van der Waals surface area (Å²) < 4.78 is 44.0. The standard InChI is InChI=1S/C11H11F3N6O/c1-20-18-9(17-19-20)5-21-8-3-2-6(10(15)16)4-7(8)11(12,13)14/h2-4H,5H2,1H3,(H3,15,16). The van der Waals surface area contributed by atoms with Gasteiger partial charge in [-0.25, -0.2) is 0 Å². The van der Waals surface area contributed by atoms with Gasteiger partial charge in [-0.2, -0.15) is 18.0 Å². The average Bonchev–Trinajstić information content (AvgIpc) is 2.81. The number of nitrogen functional groups attached to an aromatic ring is 1. The lowest BCUT2D eigenvalue weighted by Crippen LogP contribution is -2.15. The highest BCUT2D eigenvalue weighted by Crippen LogP contribution is 2.37. The van der Waals surface area contributed by atoms with E-state index in [9.17, 15) is 13.2 Å². The Labute approximate surface area is 117 Å². The predicted octanol–water partition coefficient (Wildman–Crippen LogP) is 1.09. The first-order chi connectivity index (χ1) is 9.77. The van der Waals surface area contributed by atoms with Gasteiger partial charge >= 0.3 is 6.18 Å². The van der Waals surface area contributed by atoms with Crippen molar-refractivity contribution in [3.05, 3.63) is 35.2 Å². The van der Waals surface area contributed by atoms with Gasteiger partial charge in [-0.05, 0) is 23.4 Å². The molecule has 0 atom stereocenters. The van der Waals surface area contributed by atoms with Crippen LogP contribution >= 0.6 is 0 Å². The van der Waals surface area contributed by atoms with Gasteiger partial charge in [0.05, 0.1) is 12.6 Å². The second kappa shape index (κ2) is 5.38. The summed E-state index contributed by atoms with van der Waals surface area (Å²) >= 11 is 0. The molecule has 10 heteroatoms. The van der Waals surface area contributed by atoms with Crippen molar-refractivity contribution in [3.63, 3.8) is 0 Å². The zero-order valence-electron chi connectivity index (χ0n) is 10.8. The summed E-state index contributed by atoms with van der Waals surface area (Å²) in [6.45, 7) is -0.254. The molecule has 0 spiro atoms. The molecule has 0 aliphatic carbocycles. The number of amidine groups is 1. The molecule has 112 valence electrons. The van der Waals surface area contributed by atoms with Crippen molar-refractivity contribution in [1.29, 1.82) is 5.41 Å². The first-order valence-electron chi connectivity index (χ1n) is 5.68. The van der Waals surface area contributed by atoms with Crippen molar-refractivity contribution in [1.82, 2.24) is 20.2 Å². The highest BCUT2D eigenvalue weighted by Gasteiger charge is 2.35. The molecule has 2 rings (SSSR count). The minimum atomic E-state index is -4.63. The van der Waals surface area contributed by atoms with E-state index in [1.807, 2.05) is 0 Å². The molecule has 7 nitrogen and oxygen atoms in total. The lowest BCUT2D eigenvalue weighted by Gasteiger charge is -2.14. The molecule has 0 amide bonds. The molecular weight excluding hydrogens is 289 g/mol. The monoisotopic (exact) mass is 300 g/mol. The third-order valence-corrected chi connectivity index (χ3v) is 2.50. The second-order valence-corrected chi connectivity index (χ2v) is 4.11. The number of hydrogen-bond acceptors (Lipinski definition) is 5. The minimum Gasteiger partial charge on any atom is -0.485 e. The highest BCUT2D eigenvalue weighted by molar-refractivity contribution is 5.95. The summed E-state index contributed by atoms with van der Waals surface area (Å²) in [6, 6.07) is 3.15. The molecule has 0 saturated carbocycles. The van der Waals surface area contributed by atoms with Crippen molar-refractivity contribution in [2.75, 3.05) is 0 Å². The van der Waals surface area contributed by atoms with Gasteiger partial charge in [-0.15, -0.1) is 10.2 Å². The maximum atomic E-state index is 13.0. The number of benzene rings is 1. The number of aryl methyl sites for hydroxylation is 1. The second-order valence-electron chi connectivity index (χ2n) is 4.11. The fourth-order valence-electron chi connectivity index (χ4n) is 1.57. The Balaban J connectivity index is 2.27. The largest absolute Gasteiger partial charge is 0.485 e. The molecule has 0 saturated heterocycles. The van der Waals surface area contributed by atoms with Crippen LogP contribution < -0.4 is 10.5 Å². The molecule has 21 heavy (non-hydrogen) atoms. The summed E-state index contributed by atoms with van der Waals surface area (Å²) in [5.41, 5.74) is 4.14. The molecule has 0 unspecified atom stereocenters. The Kier molecular flexibility index (Phi) is 3.78. The van der Waals surface area contributed by atoms with E-state index in [-0.39, 0.29) is 23.7 Å². The molecule has 0 radical (unpaired) electrons. The zero-order chi connectivity index (χ0) is 15.6. The molecule has 0 bridgehead atoms. The van der Waals surface area contributed by atoms with Gasteiger partial charge in [-0.3, -0.25) is 5.41 Å². The van der Waals surface area contributed by atoms with Gasteiger partial charge in [0.25, 0.3) is 0 Å². The van der Waals surface area contributed by atoms with Crippen LogP contribution in [-0.2, 0) is 19.8 Å². The van der Waals surface area contributed by atoms with Crippen molar-refractivity contribution < 1.29 is 17.9 Å². The van der Waals surface area contributed by atoms with Gasteiger partial charge in [0.2, 0.25) is 5.82 Å². The maximum Gasteiger partial charge on any atom is 0.419 e. The normalized spacial score (nSPS) is 11.4. The summed E-state index contributed by atoms with van der Waals surface area (Å²) in [6.07, 6.45) is -4.63. The van der Waals surface area contributed by atoms with Crippen LogP contribution in [0, 0.1) is 5.41 Å². The Morgan fingerprint density at radius 1 is 1.43 bits per heavy atom. The van der Waals surface area contributed by atoms with Gasteiger partial charge in [0.15, 0.2) is 6.61 Å². The van der Waals surface area contributed by atoms with Gasteiger partial charge < -0.3 is 10.5 Å². The third-order valence-electron chi connectivity index (χ3n) is 2.50. The first-order valence-corrected chi connectivity index (χ1v) is 5.68. The van der Waals surface area contributed by atoms with Crippen molar-refractivity contribution in [2.24, 2.45) is 12.8 Å². The molecule has 0 fully saturated rings. The van der Waals surface area contributed by atoms with E-state index in [4.69, 9.17) is 15.9 Å². The lowest BCUT2D eigenvalue weighted by atomic mass is 10.1. The number of alkyl halides is 3. The molecule has 0 aliphatic heterocycles. The predicted molar refractivity (Wildman–Crippen MR) is 65.6 cm³/mol. The van der Waals surface area contributed by atoms with E-state index in [0.29, 0.717) is 0 Å². The van der Waals surface area contributed by atoms with Crippen LogP contribution in [0.4, 0.5) is 13.2 Å². The van der Waals surface area contributed by atoms with Gasteiger partial charge in [-0.1, -0.05) is 0 Å². The average molecular weight is 300 g/mol. The smallest absolute Gasteiger partial charge is 0.419 e. The lowest BCUT2D eigenvalue weighted by molar-refractivity contribution is -0.139. The third kappa shape index (κ3) is 3.46. The van der Waals surface area contributed by atoms with E-state index in [1.165, 1.54) is 17.9 Å². The van der Waals surface area contributed by atoms with Crippen molar-refractivity contribution >= 4 is 5.84 Å². The summed E-state index contributed by atoms with van der Waals surface area (Å²) in [4.78, 5) is 1.17. The highest BCUT2D eigenvalue weighted by atomic mass is 19.4. The Morgan fingerprint density at radius 3 is 2.67 bits per heavy atom. The number of tetrazole rings is 1. The van der Waals surface area contributed by atoms with E-state index in [2.05, 4.69) is 15.4 Å². The molecule has 1 heterocycles. The molecule has 1 aromatic carbocycles. The van der Waals surface area contributed by atoms with Crippen LogP contribution in [0.2, 0.25) is 0 Å². The van der Waals surface area contributed by atoms with Crippen LogP contribution in [0.15, 0.2) is 18.2 Å². The number of halogens is 3. The Bertz CT molecular complexity index is 666. The fourth-order valence-corrected chi connectivity index (χ4v) is 1.57. The summed E-state index contributed by atoms with van der Waals surface area (Å²) in [7, 11) is 1.53. The fraction of sp³-hybridized carbons (Fsp3) is 0.273. The van der Waals surface area contributed by atoms with Gasteiger partial charge in [0, 0.05) is 5.56 Å². The Hall–Kier alpha value is -2.65. The zero-order valence-corrected chi connectivity index (χ0v) is 10.8. The van der Waals surface area contributed by atoms with E-state index in [1.54, 1.807) is 0 Å². The van der Waals surface area contributed by atoms with Crippen molar-refractivity contribution in [3.8, 4) is 5.75 Å². The van der Waals surface area contributed by atoms with E-state index in [0.717, 1.165) is 12.1 Å². The number of nitrogens with two attached hydrogens (primary N) is 1. The molecule has 3 N–H and O–H groups in total. The molecule has 2 aromatic rings. The number of aromatic nitrogens is 4. The maximum absolute atomic E-state index is 13.0. The van der Waals surface area contributed by atoms with Crippen LogP contribution in [0.3, 0.4) is 0 Å². The quantitative estimate of drug-likeness (QED) is 0.650. The van der Waals surface area contributed by atoms with Crippen LogP contribution in [0.5, 0.6) is 5.75 Å². The van der Waals surface area contributed by atoms with Crippen LogP contribution in [-0.4, -0.2) is 26.0 Å². The minimum absolute atomic E-state index is 0.0349. The molecular formula is C11H11F3N6O. The Morgan fingerprint density at radius 2 is 2.14 bits per heavy atom. The number of hydrogen-bond donors (Lipinski definition) is 2. The SMILES string of the molecule is Cn1nnc(COc2ccc(C(=N)N)cc2C(F)(F)F)n1. The van der Waals surface area contributed by atoms with Crippen molar-refractivity contribution in [2.45, 2.75) is 12.8 Å². The number of ether oxygens (including phenoxy) is 1. The summed E-state index contributed by atoms with van der Waals surface area (Å²) in [5, 5.41) is 18.1. The first kappa shape index (κ1) is 14.8. The number of nitrogens with one attached hydrogen (secondary N) is 1. The number of rotatable bonds is 4. The van der Waals surface area contributed by atoms with E-state index >= 15 is 0 Å². The van der Waals surface area contributed by atoms with Crippen LogP contribution in [0.25, 0.3) is 0 Å².